The first-order chi connectivity index (χ1) is 18.9. The molecule has 1 fully saturated rings. The van der Waals surface area contributed by atoms with Crippen molar-refractivity contribution >= 4 is 34.7 Å². The molecule has 6 rings (SSSR count). The van der Waals surface area contributed by atoms with Crippen molar-refractivity contribution in [1.82, 2.24) is 29.7 Å². The summed E-state index contributed by atoms with van der Waals surface area (Å²) in [5.74, 6) is 0.339. The van der Waals surface area contributed by atoms with Gasteiger partial charge in [0.25, 0.3) is 6.01 Å². The summed E-state index contributed by atoms with van der Waals surface area (Å²) in [5, 5.41) is 23.9. The average molecular weight is 549 g/mol. The quantitative estimate of drug-likeness (QED) is 0.211. The summed E-state index contributed by atoms with van der Waals surface area (Å²) in [6.45, 7) is -0.0105. The number of nitrogens with two attached hydrogens (primary N) is 2. The topological polar surface area (TPSA) is 183 Å². The maximum Gasteiger partial charge on any atom is 0.296 e. The predicted octanol–water partition coefficient (Wildman–Crippen LogP) is 2.58. The molecule has 0 bridgehead atoms. The first-order valence-corrected chi connectivity index (χ1v) is 12.6. The van der Waals surface area contributed by atoms with Gasteiger partial charge in [0.1, 0.15) is 12.2 Å². The Labute approximate surface area is 227 Å². The lowest BCUT2D eigenvalue weighted by atomic mass is 10.0. The second-order valence-electron chi connectivity index (χ2n) is 9.19. The predicted molar refractivity (Wildman–Crippen MR) is 145 cm³/mol. The number of H-pyrrole nitrogens is 1. The van der Waals surface area contributed by atoms with Crippen molar-refractivity contribution in [3.8, 4) is 34.1 Å². The van der Waals surface area contributed by atoms with Gasteiger partial charge in [-0.15, -0.1) is 5.10 Å². The number of aliphatic hydroxyl groups excluding tert-OH is 2. The summed E-state index contributed by atoms with van der Waals surface area (Å²) in [5.41, 5.74) is 16.7. The lowest BCUT2D eigenvalue weighted by Gasteiger charge is -2.31. The van der Waals surface area contributed by atoms with Crippen LogP contribution in [-0.2, 0) is 4.74 Å². The van der Waals surface area contributed by atoms with E-state index in [1.807, 2.05) is 48.5 Å². The van der Waals surface area contributed by atoms with Gasteiger partial charge < -0.3 is 36.1 Å². The van der Waals surface area contributed by atoms with Crippen LogP contribution in [-0.4, -0.2) is 71.5 Å². The highest BCUT2D eigenvalue weighted by Gasteiger charge is 2.31. The van der Waals surface area contributed by atoms with Crippen LogP contribution in [0.1, 0.15) is 6.42 Å². The molecule has 3 aromatic heterocycles. The average Bonchev–Trinajstić information content (AvgIpc) is 3.49. The zero-order valence-electron chi connectivity index (χ0n) is 20.5. The van der Waals surface area contributed by atoms with Crippen LogP contribution >= 0.6 is 11.6 Å². The van der Waals surface area contributed by atoms with Gasteiger partial charge in [0.15, 0.2) is 5.65 Å². The second kappa shape index (κ2) is 10.2. The minimum absolute atomic E-state index is 0.117. The van der Waals surface area contributed by atoms with Crippen molar-refractivity contribution in [3.05, 3.63) is 59.6 Å². The van der Waals surface area contributed by atoms with Crippen LogP contribution in [0.15, 0.2) is 54.6 Å². The molecule has 0 amide bonds. The molecule has 39 heavy (non-hydrogen) atoms. The number of hydrogen-bond donors (Lipinski definition) is 5. The molecule has 0 saturated carbocycles. The number of rotatable bonds is 6. The molecule has 0 radical (unpaired) electrons. The number of nitrogens with zero attached hydrogens (tertiary/aromatic N) is 5. The minimum Gasteiger partial charge on any atom is -0.459 e. The maximum atomic E-state index is 10.1. The number of ether oxygens (including phenoxy) is 2. The van der Waals surface area contributed by atoms with Crippen LogP contribution < -0.4 is 16.2 Å². The van der Waals surface area contributed by atoms with E-state index in [4.69, 9.17) is 32.5 Å². The first-order valence-electron chi connectivity index (χ1n) is 12.2. The molecule has 3 atom stereocenters. The van der Waals surface area contributed by atoms with Gasteiger partial charge in [0.05, 0.1) is 41.2 Å². The summed E-state index contributed by atoms with van der Waals surface area (Å²) < 4.78 is 12.8. The summed E-state index contributed by atoms with van der Waals surface area (Å²) in [6, 6.07) is 17.6. The Morgan fingerprint density at radius 1 is 1.03 bits per heavy atom. The summed E-state index contributed by atoms with van der Waals surface area (Å²) in [6.07, 6.45) is -1.51. The molecule has 5 aromatic rings. The third-order valence-electron chi connectivity index (χ3n) is 6.55. The summed E-state index contributed by atoms with van der Waals surface area (Å²) in [7, 11) is 0. The normalized spacial score (nSPS) is 19.4. The lowest BCUT2D eigenvalue weighted by molar-refractivity contribution is -0.131. The molecule has 0 unspecified atom stereocenters. The Hall–Kier alpha value is -4.23. The molecule has 200 valence electrons. The van der Waals surface area contributed by atoms with Gasteiger partial charge >= 0.3 is 0 Å². The molecule has 7 N–H and O–H groups in total. The minimum atomic E-state index is -0.815. The molecular formula is C26H25ClN8O4. The van der Waals surface area contributed by atoms with E-state index in [-0.39, 0.29) is 31.1 Å². The first kappa shape index (κ1) is 25.1. The number of halogens is 1. The van der Waals surface area contributed by atoms with Gasteiger partial charge in [-0.25, -0.2) is 4.98 Å². The van der Waals surface area contributed by atoms with Gasteiger partial charge in [-0.05, 0) is 29.3 Å². The van der Waals surface area contributed by atoms with Crippen molar-refractivity contribution in [2.24, 2.45) is 0 Å². The highest BCUT2D eigenvalue weighted by atomic mass is 35.5. The molecule has 0 spiro atoms. The number of imidazole rings is 1. The lowest BCUT2D eigenvalue weighted by Crippen LogP contribution is -2.45. The van der Waals surface area contributed by atoms with Gasteiger partial charge in [-0.2, -0.15) is 14.6 Å². The number of aliphatic hydroxyl groups is 2. The van der Waals surface area contributed by atoms with Crippen LogP contribution in [0.3, 0.4) is 0 Å². The molecule has 1 aliphatic heterocycles. The van der Waals surface area contributed by atoms with Gasteiger partial charge in [-0.1, -0.05) is 48.0 Å². The summed E-state index contributed by atoms with van der Waals surface area (Å²) >= 11 is 6.58. The van der Waals surface area contributed by atoms with Crippen LogP contribution in [0.2, 0.25) is 5.02 Å². The highest BCUT2D eigenvalue weighted by Crippen LogP contribution is 2.32. The third kappa shape index (κ3) is 4.98. The zero-order valence-corrected chi connectivity index (χ0v) is 21.3. The summed E-state index contributed by atoms with van der Waals surface area (Å²) in [4.78, 5) is 16.1. The van der Waals surface area contributed by atoms with Gasteiger partial charge in [0.2, 0.25) is 11.9 Å². The Bertz CT molecular complexity index is 1620. The molecular weight excluding hydrogens is 524 g/mol. The Morgan fingerprint density at radius 2 is 1.72 bits per heavy atom. The van der Waals surface area contributed by atoms with E-state index in [9.17, 15) is 10.2 Å². The van der Waals surface area contributed by atoms with Crippen LogP contribution in [0.4, 0.5) is 11.9 Å². The van der Waals surface area contributed by atoms with E-state index in [0.717, 1.165) is 22.4 Å². The Kier molecular flexibility index (Phi) is 6.53. The molecule has 1 aliphatic rings. The molecule has 0 aliphatic carbocycles. The molecule has 13 heteroatoms. The smallest absolute Gasteiger partial charge is 0.296 e. The molecule has 1 saturated heterocycles. The number of benzene rings is 2. The SMILES string of the molecule is Nc1nc(N)n(-c2ccc(-c3ccc(-c4nc5nc(O[C@H]6CO[C@H](CO)[C@@H](O)C6)[nH]c5cc4Cl)cc3)cc2)n1. The Morgan fingerprint density at radius 3 is 2.36 bits per heavy atom. The standard InChI is InChI=1S/C26H25ClN8O4/c27-18-10-19-23(32-26(30-19)39-17-9-20(37)21(11-36)38-12-17)31-22(18)15-3-1-13(2-4-15)14-5-7-16(8-6-14)35-25(29)33-24(28)34-35/h1-8,10,17,20-21,36-37H,9,11-12H2,(H,30,31,32)(H4,28,29,33,34)/t17-,20+,21-/m1/s1. The molecule has 2 aromatic carbocycles. The maximum absolute atomic E-state index is 10.1. The van der Waals surface area contributed by atoms with E-state index >= 15 is 0 Å². The highest BCUT2D eigenvalue weighted by molar-refractivity contribution is 6.33. The zero-order chi connectivity index (χ0) is 27.1. The van der Waals surface area contributed by atoms with Crippen LogP contribution in [0, 0.1) is 0 Å². The monoisotopic (exact) mass is 548 g/mol. The van der Waals surface area contributed by atoms with Crippen molar-refractivity contribution < 1.29 is 19.7 Å². The number of anilines is 2. The van der Waals surface area contributed by atoms with Crippen LogP contribution in [0.25, 0.3) is 39.2 Å². The third-order valence-corrected chi connectivity index (χ3v) is 6.83. The number of hydrogen-bond acceptors (Lipinski definition) is 10. The second-order valence-corrected chi connectivity index (χ2v) is 9.60. The van der Waals surface area contributed by atoms with E-state index < -0.39 is 18.3 Å². The van der Waals surface area contributed by atoms with Crippen molar-refractivity contribution in [2.45, 2.75) is 24.7 Å². The van der Waals surface area contributed by atoms with E-state index in [1.165, 1.54) is 4.68 Å². The number of aromatic amines is 1. The van der Waals surface area contributed by atoms with Crippen molar-refractivity contribution in [1.29, 1.82) is 0 Å². The van der Waals surface area contributed by atoms with E-state index in [1.54, 1.807) is 6.07 Å². The number of aromatic nitrogens is 6. The number of nitrogen functional groups attached to an aromatic ring is 2. The van der Waals surface area contributed by atoms with E-state index in [0.29, 0.717) is 28.3 Å². The number of nitrogens with one attached hydrogen (secondary N) is 1. The van der Waals surface area contributed by atoms with Gasteiger partial charge in [-0.3, -0.25) is 0 Å². The fourth-order valence-corrected chi connectivity index (χ4v) is 4.81. The largest absolute Gasteiger partial charge is 0.459 e. The fraction of sp³-hybridized carbons (Fsp3) is 0.231. The Balaban J connectivity index is 1.19. The molecule has 4 heterocycles. The van der Waals surface area contributed by atoms with E-state index in [2.05, 4.69) is 25.0 Å². The molecule has 12 nitrogen and oxygen atoms in total. The van der Waals surface area contributed by atoms with Crippen molar-refractivity contribution in [2.75, 3.05) is 24.7 Å². The number of pyridine rings is 1. The number of fused-ring (bicyclic) bond motifs is 1. The fourth-order valence-electron chi connectivity index (χ4n) is 4.55. The van der Waals surface area contributed by atoms with Crippen molar-refractivity contribution in [3.63, 3.8) is 0 Å². The van der Waals surface area contributed by atoms with Crippen LogP contribution in [0.5, 0.6) is 6.01 Å². The van der Waals surface area contributed by atoms with Gasteiger partial charge in [0, 0.05) is 12.0 Å².